The van der Waals surface area contributed by atoms with Crippen LogP contribution >= 0.6 is 0 Å². The summed E-state index contributed by atoms with van der Waals surface area (Å²) in [6, 6.07) is 0. The molecule has 1 unspecified atom stereocenters. The average Bonchev–Trinajstić information content (AvgIpc) is 1.97. The van der Waals surface area contributed by atoms with E-state index in [0.717, 1.165) is 6.92 Å². The Balaban J connectivity index is 4.93. The van der Waals surface area contributed by atoms with Crippen LogP contribution in [0.5, 0.6) is 0 Å². The second-order valence-corrected chi connectivity index (χ2v) is 2.25. The van der Waals surface area contributed by atoms with Crippen LogP contribution in [0.15, 0.2) is 11.6 Å². The standard InChI is InChI=1S/C7H8O6/c1-3(6(10)11)4(7(12)13)2-5(8)9/h2-3H,1H3,(H,8,9)(H,10,11)(H,12,13)/p-3/b4-2-. The molecule has 0 N–H and O–H groups in total. The zero-order chi connectivity index (χ0) is 10.6. The summed E-state index contributed by atoms with van der Waals surface area (Å²) in [6.07, 6.45) is 0.162. The van der Waals surface area contributed by atoms with Crippen molar-refractivity contribution in [2.75, 3.05) is 0 Å². The zero-order valence-corrected chi connectivity index (χ0v) is 6.60. The Hall–Kier alpha value is -1.85. The van der Waals surface area contributed by atoms with E-state index in [2.05, 4.69) is 0 Å². The third-order valence-corrected chi connectivity index (χ3v) is 1.33. The number of carboxylic acid groups (broad SMARTS) is 3. The lowest BCUT2D eigenvalue weighted by Crippen LogP contribution is -2.38. The fraction of sp³-hybridized carbons (Fsp3) is 0.286. The van der Waals surface area contributed by atoms with E-state index in [1.165, 1.54) is 0 Å². The first-order valence-corrected chi connectivity index (χ1v) is 3.21. The van der Waals surface area contributed by atoms with Gasteiger partial charge in [-0.15, -0.1) is 0 Å². The van der Waals surface area contributed by atoms with Crippen molar-refractivity contribution in [1.82, 2.24) is 0 Å². The monoisotopic (exact) mass is 185 g/mol. The van der Waals surface area contributed by atoms with Crippen LogP contribution in [-0.2, 0) is 14.4 Å². The fourth-order valence-electron chi connectivity index (χ4n) is 0.615. The van der Waals surface area contributed by atoms with Gasteiger partial charge in [0.2, 0.25) is 0 Å². The summed E-state index contributed by atoms with van der Waals surface area (Å²) in [7, 11) is 0. The van der Waals surface area contributed by atoms with Crippen LogP contribution in [0.2, 0.25) is 0 Å². The largest absolute Gasteiger partial charge is 0.550 e. The van der Waals surface area contributed by atoms with Crippen LogP contribution in [0.25, 0.3) is 0 Å². The first-order chi connectivity index (χ1) is 5.86. The van der Waals surface area contributed by atoms with Gasteiger partial charge in [-0.25, -0.2) is 0 Å². The van der Waals surface area contributed by atoms with Crippen molar-refractivity contribution >= 4 is 17.9 Å². The van der Waals surface area contributed by atoms with E-state index in [9.17, 15) is 29.7 Å². The first-order valence-electron chi connectivity index (χ1n) is 3.21. The fourth-order valence-corrected chi connectivity index (χ4v) is 0.615. The van der Waals surface area contributed by atoms with Crippen LogP contribution in [0, 0.1) is 5.92 Å². The number of hydrogen-bond donors (Lipinski definition) is 0. The Morgan fingerprint density at radius 3 is 1.85 bits per heavy atom. The van der Waals surface area contributed by atoms with Gasteiger partial charge in [0.15, 0.2) is 0 Å². The number of rotatable bonds is 4. The molecule has 0 aliphatic rings. The molecule has 0 fully saturated rings. The highest BCUT2D eigenvalue weighted by Gasteiger charge is 2.10. The Morgan fingerprint density at radius 2 is 1.62 bits per heavy atom. The van der Waals surface area contributed by atoms with Gasteiger partial charge in [-0.3, -0.25) is 0 Å². The molecular formula is C7H5O6-3. The molecule has 0 aromatic carbocycles. The average molecular weight is 185 g/mol. The van der Waals surface area contributed by atoms with Crippen molar-refractivity contribution in [3.05, 3.63) is 11.6 Å². The molecule has 72 valence electrons. The lowest BCUT2D eigenvalue weighted by atomic mass is 10.0. The van der Waals surface area contributed by atoms with Crippen molar-refractivity contribution in [3.63, 3.8) is 0 Å². The molecule has 1 atom stereocenters. The maximum Gasteiger partial charge on any atom is 0.0682 e. The van der Waals surface area contributed by atoms with E-state index in [0.29, 0.717) is 0 Å². The van der Waals surface area contributed by atoms with Gasteiger partial charge in [0.1, 0.15) is 0 Å². The highest BCUT2D eigenvalue weighted by atomic mass is 16.4. The number of hydrogen-bond acceptors (Lipinski definition) is 6. The van der Waals surface area contributed by atoms with Gasteiger partial charge < -0.3 is 29.7 Å². The molecule has 6 nitrogen and oxygen atoms in total. The van der Waals surface area contributed by atoms with Crippen LogP contribution < -0.4 is 15.3 Å². The summed E-state index contributed by atoms with van der Waals surface area (Å²) in [4.78, 5) is 30.3. The third kappa shape index (κ3) is 3.37. The molecule has 0 aliphatic carbocycles. The van der Waals surface area contributed by atoms with Crippen LogP contribution in [0.1, 0.15) is 6.92 Å². The van der Waals surface area contributed by atoms with E-state index >= 15 is 0 Å². The quantitative estimate of drug-likeness (QED) is 0.409. The van der Waals surface area contributed by atoms with E-state index in [1.807, 2.05) is 0 Å². The molecule has 0 aliphatic heterocycles. The summed E-state index contributed by atoms with van der Waals surface area (Å²) >= 11 is 0. The van der Waals surface area contributed by atoms with E-state index in [4.69, 9.17) is 0 Å². The highest BCUT2D eigenvalue weighted by molar-refractivity contribution is 5.97. The second kappa shape index (κ2) is 4.24. The van der Waals surface area contributed by atoms with Gasteiger partial charge >= 0.3 is 0 Å². The van der Waals surface area contributed by atoms with Crippen molar-refractivity contribution in [2.45, 2.75) is 6.92 Å². The number of carboxylic acids is 3. The van der Waals surface area contributed by atoms with Crippen molar-refractivity contribution in [1.29, 1.82) is 0 Å². The molecule has 0 aromatic heterocycles. The minimum absolute atomic E-state index is 0.162. The number of aliphatic carboxylic acids is 3. The molecule has 0 radical (unpaired) electrons. The molecule has 0 spiro atoms. The van der Waals surface area contributed by atoms with E-state index < -0.39 is 29.4 Å². The Bertz CT molecular complexity index is 277. The molecule has 0 saturated heterocycles. The lowest BCUT2D eigenvalue weighted by molar-refractivity contribution is -0.314. The normalized spacial score (nSPS) is 13.5. The SMILES string of the molecule is CC(C(=O)[O-])/C(=C/C(=O)[O-])C(=O)[O-]. The van der Waals surface area contributed by atoms with Crippen molar-refractivity contribution in [3.8, 4) is 0 Å². The third-order valence-electron chi connectivity index (χ3n) is 1.33. The summed E-state index contributed by atoms with van der Waals surface area (Å²) in [5.74, 6) is -6.92. The minimum Gasteiger partial charge on any atom is -0.550 e. The van der Waals surface area contributed by atoms with Crippen LogP contribution in [0.4, 0.5) is 0 Å². The predicted octanol–water partition coefficient (Wildman–Crippen LogP) is -4.20. The molecule has 0 rings (SSSR count). The number of carbonyl (C=O) groups excluding carboxylic acids is 3. The van der Waals surface area contributed by atoms with Crippen LogP contribution in [-0.4, -0.2) is 17.9 Å². The maximum atomic E-state index is 10.2. The molecule has 0 aromatic rings. The first kappa shape index (κ1) is 11.2. The number of carbonyl (C=O) groups is 3. The molecule has 0 heterocycles. The molecular weight excluding hydrogens is 180 g/mol. The molecule has 6 heteroatoms. The topological polar surface area (TPSA) is 120 Å². The minimum atomic E-state index is -1.87. The molecule has 0 bridgehead atoms. The molecule has 13 heavy (non-hydrogen) atoms. The smallest absolute Gasteiger partial charge is 0.0682 e. The van der Waals surface area contributed by atoms with Gasteiger partial charge in [-0.1, -0.05) is 6.92 Å². The summed E-state index contributed by atoms with van der Waals surface area (Å²) in [5.41, 5.74) is -0.889. The zero-order valence-electron chi connectivity index (χ0n) is 6.60. The summed E-state index contributed by atoms with van der Waals surface area (Å²) < 4.78 is 0. The van der Waals surface area contributed by atoms with Gasteiger partial charge in [-0.05, 0) is 11.6 Å². The van der Waals surface area contributed by atoms with Crippen molar-refractivity contribution < 1.29 is 29.7 Å². The summed E-state index contributed by atoms with van der Waals surface area (Å²) in [6.45, 7) is 0.972. The summed E-state index contributed by atoms with van der Waals surface area (Å²) in [5, 5.41) is 30.3. The predicted molar refractivity (Wildman–Crippen MR) is 32.3 cm³/mol. The lowest BCUT2D eigenvalue weighted by Gasteiger charge is -2.17. The Kier molecular flexibility index (Phi) is 3.64. The van der Waals surface area contributed by atoms with Crippen molar-refractivity contribution in [2.24, 2.45) is 5.92 Å². The Morgan fingerprint density at radius 1 is 1.15 bits per heavy atom. The van der Waals surface area contributed by atoms with Gasteiger partial charge in [-0.2, -0.15) is 0 Å². The Labute approximate surface area is 73.1 Å². The maximum absolute atomic E-state index is 10.2. The second-order valence-electron chi connectivity index (χ2n) is 2.25. The van der Waals surface area contributed by atoms with Gasteiger partial charge in [0.25, 0.3) is 0 Å². The van der Waals surface area contributed by atoms with Crippen LogP contribution in [0.3, 0.4) is 0 Å². The highest BCUT2D eigenvalue weighted by Crippen LogP contribution is 2.07. The molecule has 0 saturated carbocycles. The van der Waals surface area contributed by atoms with Gasteiger partial charge in [0.05, 0.1) is 11.9 Å². The van der Waals surface area contributed by atoms with E-state index in [1.54, 1.807) is 0 Å². The van der Waals surface area contributed by atoms with E-state index in [-0.39, 0.29) is 6.08 Å². The van der Waals surface area contributed by atoms with Gasteiger partial charge in [0, 0.05) is 11.9 Å². The molecule has 0 amide bonds.